The Morgan fingerprint density at radius 1 is 1.10 bits per heavy atom. The van der Waals surface area contributed by atoms with Crippen LogP contribution in [0.4, 0.5) is 0 Å². The topological polar surface area (TPSA) is 78.9 Å². The molecule has 4 rings (SSSR count). The van der Waals surface area contributed by atoms with Crippen molar-refractivity contribution in [3.05, 3.63) is 64.5 Å². The molecule has 6 nitrogen and oxygen atoms in total. The van der Waals surface area contributed by atoms with Crippen molar-refractivity contribution in [2.24, 2.45) is 0 Å². The zero-order chi connectivity index (χ0) is 22.0. The normalized spacial score (nSPS) is 12.2. The van der Waals surface area contributed by atoms with Crippen molar-refractivity contribution in [1.82, 2.24) is 0 Å². The third-order valence-corrected chi connectivity index (χ3v) is 5.09. The van der Waals surface area contributed by atoms with E-state index in [1.54, 1.807) is 26.0 Å². The smallest absolute Gasteiger partial charge is 0.347 e. The van der Waals surface area contributed by atoms with Gasteiger partial charge in [0.1, 0.15) is 34.5 Å². The number of fused-ring (bicyclic) bond motifs is 2. The largest absolute Gasteiger partial charge is 0.479 e. The second kappa shape index (κ2) is 8.68. The molecule has 0 aliphatic heterocycles. The van der Waals surface area contributed by atoms with Crippen molar-refractivity contribution in [3.63, 3.8) is 0 Å². The van der Waals surface area contributed by atoms with Crippen LogP contribution in [0.1, 0.15) is 32.8 Å². The highest BCUT2D eigenvalue weighted by Gasteiger charge is 2.20. The molecule has 0 fully saturated rings. The van der Waals surface area contributed by atoms with E-state index in [1.807, 2.05) is 37.3 Å². The minimum Gasteiger partial charge on any atom is -0.479 e. The van der Waals surface area contributed by atoms with Crippen LogP contribution in [0, 0.1) is 0 Å². The molecule has 1 unspecified atom stereocenters. The van der Waals surface area contributed by atoms with Crippen molar-refractivity contribution < 1.29 is 23.1 Å². The fraction of sp³-hybridized carbons (Fsp3) is 0.280. The second-order valence-corrected chi connectivity index (χ2v) is 7.35. The Hall–Kier alpha value is -3.54. The SMILES string of the molecule is CCCc1cc2c(=O)c(-c3cc4ccccc4o3)coc2cc1OC(C)C(=O)OCC. The maximum Gasteiger partial charge on any atom is 0.347 e. The first-order chi connectivity index (χ1) is 15.0. The van der Waals surface area contributed by atoms with E-state index in [9.17, 15) is 9.59 Å². The third kappa shape index (κ3) is 4.06. The molecule has 2 aromatic heterocycles. The Morgan fingerprint density at radius 2 is 1.90 bits per heavy atom. The summed E-state index contributed by atoms with van der Waals surface area (Å²) in [4.78, 5) is 25.2. The molecule has 4 aromatic rings. The fourth-order valence-electron chi connectivity index (χ4n) is 3.56. The molecule has 0 aliphatic rings. The Kier molecular flexibility index (Phi) is 5.80. The van der Waals surface area contributed by atoms with Gasteiger partial charge in [-0.15, -0.1) is 0 Å². The number of para-hydroxylation sites is 1. The molecule has 0 saturated heterocycles. The number of carbonyl (C=O) groups excluding carboxylic acids is 1. The van der Waals surface area contributed by atoms with Crippen molar-refractivity contribution in [1.29, 1.82) is 0 Å². The molecule has 0 spiro atoms. The van der Waals surface area contributed by atoms with E-state index in [2.05, 4.69) is 0 Å². The van der Waals surface area contributed by atoms with Crippen LogP contribution in [-0.2, 0) is 16.0 Å². The number of hydrogen-bond acceptors (Lipinski definition) is 6. The summed E-state index contributed by atoms with van der Waals surface area (Å²) in [5.74, 6) is 0.534. The Balaban J connectivity index is 1.78. The Labute approximate surface area is 179 Å². The molecule has 0 saturated carbocycles. The summed E-state index contributed by atoms with van der Waals surface area (Å²) in [5.41, 5.74) is 2.11. The van der Waals surface area contributed by atoms with E-state index in [4.69, 9.17) is 18.3 Å². The summed E-state index contributed by atoms with van der Waals surface area (Å²) < 4.78 is 22.5. The average Bonchev–Trinajstić information content (AvgIpc) is 3.19. The first-order valence-corrected chi connectivity index (χ1v) is 10.4. The van der Waals surface area contributed by atoms with Crippen LogP contribution in [0.25, 0.3) is 33.3 Å². The van der Waals surface area contributed by atoms with Gasteiger partial charge in [-0.3, -0.25) is 4.79 Å². The number of esters is 1. The minimum atomic E-state index is -0.769. The van der Waals surface area contributed by atoms with E-state index < -0.39 is 12.1 Å². The van der Waals surface area contributed by atoms with Gasteiger partial charge in [-0.05, 0) is 44.0 Å². The molecule has 2 aromatic carbocycles. The summed E-state index contributed by atoms with van der Waals surface area (Å²) >= 11 is 0. The van der Waals surface area contributed by atoms with Gasteiger partial charge in [0.25, 0.3) is 0 Å². The number of hydrogen-bond donors (Lipinski definition) is 0. The van der Waals surface area contributed by atoms with Crippen molar-refractivity contribution in [2.75, 3.05) is 6.61 Å². The summed E-state index contributed by atoms with van der Waals surface area (Å²) in [6.45, 7) is 5.71. The number of rotatable bonds is 7. The van der Waals surface area contributed by atoms with Crippen LogP contribution in [0.3, 0.4) is 0 Å². The number of ether oxygens (including phenoxy) is 2. The van der Waals surface area contributed by atoms with E-state index in [-0.39, 0.29) is 12.0 Å². The molecule has 0 radical (unpaired) electrons. The van der Waals surface area contributed by atoms with Gasteiger partial charge in [-0.1, -0.05) is 31.5 Å². The predicted molar refractivity (Wildman–Crippen MR) is 118 cm³/mol. The Bertz CT molecular complexity index is 1260. The van der Waals surface area contributed by atoms with Gasteiger partial charge in [0.15, 0.2) is 6.10 Å². The summed E-state index contributed by atoms with van der Waals surface area (Å²) in [5, 5.41) is 1.36. The van der Waals surface area contributed by atoms with Gasteiger partial charge in [0.2, 0.25) is 5.43 Å². The molecule has 0 aliphatic carbocycles. The van der Waals surface area contributed by atoms with Gasteiger partial charge in [0.05, 0.1) is 12.0 Å². The van der Waals surface area contributed by atoms with Gasteiger partial charge >= 0.3 is 5.97 Å². The van der Waals surface area contributed by atoms with Crippen LogP contribution in [0.15, 0.2) is 62.4 Å². The first kappa shape index (κ1) is 20.7. The maximum atomic E-state index is 13.3. The average molecular weight is 420 g/mol. The van der Waals surface area contributed by atoms with Crippen molar-refractivity contribution in [3.8, 4) is 17.1 Å². The molecule has 0 bridgehead atoms. The third-order valence-electron chi connectivity index (χ3n) is 5.09. The van der Waals surface area contributed by atoms with Crippen LogP contribution < -0.4 is 10.2 Å². The lowest BCUT2D eigenvalue weighted by atomic mass is 10.0. The maximum absolute atomic E-state index is 13.3. The highest BCUT2D eigenvalue weighted by atomic mass is 16.6. The molecule has 6 heteroatoms. The number of benzene rings is 2. The highest BCUT2D eigenvalue weighted by molar-refractivity contribution is 5.86. The van der Waals surface area contributed by atoms with E-state index in [1.165, 1.54) is 6.26 Å². The quantitative estimate of drug-likeness (QED) is 0.368. The molecule has 31 heavy (non-hydrogen) atoms. The molecule has 0 amide bonds. The van der Waals surface area contributed by atoms with Gasteiger partial charge in [-0.25, -0.2) is 4.79 Å². The first-order valence-electron chi connectivity index (χ1n) is 10.4. The lowest BCUT2D eigenvalue weighted by molar-refractivity contribution is -0.150. The van der Waals surface area contributed by atoms with E-state index in [0.717, 1.165) is 17.4 Å². The zero-order valence-corrected chi connectivity index (χ0v) is 17.8. The Morgan fingerprint density at radius 3 is 2.65 bits per heavy atom. The molecule has 160 valence electrons. The monoisotopic (exact) mass is 420 g/mol. The van der Waals surface area contributed by atoms with Gasteiger partial charge in [0, 0.05) is 11.5 Å². The number of furan rings is 1. The standard InChI is InChI=1S/C25H24O6/c1-4-8-16-11-18-22(13-21(16)30-15(3)25(27)28-5-2)29-14-19(24(18)26)23-12-17-9-6-7-10-20(17)31-23/h6-7,9-15H,4-5,8H2,1-3H3. The summed E-state index contributed by atoms with van der Waals surface area (Å²) in [6.07, 6.45) is 2.18. The molecule has 0 N–H and O–H groups in total. The molecular formula is C25H24O6. The minimum absolute atomic E-state index is 0.178. The van der Waals surface area contributed by atoms with Gasteiger partial charge in [-0.2, -0.15) is 0 Å². The van der Waals surface area contributed by atoms with Crippen molar-refractivity contribution in [2.45, 2.75) is 39.7 Å². The highest BCUT2D eigenvalue weighted by Crippen LogP contribution is 2.30. The predicted octanol–water partition coefficient (Wildman–Crippen LogP) is 5.49. The second-order valence-electron chi connectivity index (χ2n) is 7.35. The van der Waals surface area contributed by atoms with Crippen molar-refractivity contribution >= 4 is 27.9 Å². The zero-order valence-electron chi connectivity index (χ0n) is 17.8. The van der Waals surface area contributed by atoms with E-state index in [0.29, 0.717) is 40.0 Å². The van der Waals surface area contributed by atoms with Crippen LogP contribution in [0.2, 0.25) is 0 Å². The fourth-order valence-corrected chi connectivity index (χ4v) is 3.56. The van der Waals surface area contributed by atoms with Crippen LogP contribution in [-0.4, -0.2) is 18.7 Å². The summed E-state index contributed by atoms with van der Waals surface area (Å²) in [7, 11) is 0. The number of carbonyl (C=O) groups is 1. The van der Waals surface area contributed by atoms with Gasteiger partial charge < -0.3 is 18.3 Å². The molecule has 2 heterocycles. The summed E-state index contributed by atoms with van der Waals surface area (Å²) in [6, 6.07) is 12.9. The van der Waals surface area contributed by atoms with Crippen LogP contribution in [0.5, 0.6) is 5.75 Å². The lowest BCUT2D eigenvalue weighted by Gasteiger charge is -2.17. The number of aryl methyl sites for hydroxylation is 1. The van der Waals surface area contributed by atoms with E-state index >= 15 is 0 Å². The van der Waals surface area contributed by atoms with Crippen LogP contribution >= 0.6 is 0 Å². The molecule has 1 atom stereocenters. The lowest BCUT2D eigenvalue weighted by Crippen LogP contribution is -2.26. The molecular weight excluding hydrogens is 396 g/mol.